The topological polar surface area (TPSA) is 279 Å². The van der Waals surface area contributed by atoms with Crippen molar-refractivity contribution < 1.29 is 57.5 Å². The van der Waals surface area contributed by atoms with Gasteiger partial charge in [0.2, 0.25) is 0 Å². The average molecular weight is 1850 g/mol. The summed E-state index contributed by atoms with van der Waals surface area (Å²) in [6.07, 6.45) is 22.9. The van der Waals surface area contributed by atoms with Crippen LogP contribution in [0.25, 0.3) is 24.3 Å². The van der Waals surface area contributed by atoms with E-state index in [1.54, 1.807) is 68.2 Å². The SMILES string of the molecule is CCCN(CCC)c1cccc2c1N/C(=C1\C(=O)c3ccc(C(=O)N(CC)CCCN(CCCCN(CCCN(CC)C(=O)c4ccc5c(c4)C(=O)/C(=C4\C=Cc6cccc(N(CCC)CCC)c6N4)C5=O)C(=O)c4ccc5c(c4)C(=O)/C(=C4\C=Cc6cccc(N(CCC)CCC)c6N4)C5=O)C(=O)c4ccc5c(c4)C(=O)/C(=C4\C=Cc6cccc(N(CCC)CCC)c6N4)C5=O)cc3C1=O)C=C2. The second-order valence-electron chi connectivity index (χ2n) is 36.3. The Morgan fingerprint density at radius 2 is 0.428 bits per heavy atom. The number of carbonyl (C=O) groups is 12. The number of carbonyl (C=O) groups excluding carboxylic acids is 12. The number of hydrogen-bond donors (Lipinski definition) is 4. The van der Waals surface area contributed by atoms with Gasteiger partial charge in [-0.1, -0.05) is 128 Å². The molecular formula is C114H122N12O12. The molecule has 8 aromatic rings. The van der Waals surface area contributed by atoms with Crippen molar-refractivity contribution in [1.82, 2.24) is 19.6 Å². The zero-order valence-electron chi connectivity index (χ0n) is 80.8. The first-order valence-electron chi connectivity index (χ1n) is 49.4. The van der Waals surface area contributed by atoms with Gasteiger partial charge >= 0.3 is 0 Å². The number of anilines is 8. The summed E-state index contributed by atoms with van der Waals surface area (Å²) in [4.78, 5) is 194. The molecule has 24 nitrogen and oxygen atoms in total. The molecule has 0 saturated carbocycles. The first kappa shape index (κ1) is 96.4. The third-order valence-electron chi connectivity index (χ3n) is 27.0. The van der Waals surface area contributed by atoms with Crippen molar-refractivity contribution >= 4 is 140 Å². The maximum absolute atomic E-state index is 15.7. The summed E-state index contributed by atoms with van der Waals surface area (Å²) in [7, 11) is 0. The van der Waals surface area contributed by atoms with Crippen LogP contribution >= 0.6 is 0 Å². The average Bonchev–Trinajstić information content (AvgIpc) is 1.61. The molecule has 16 rings (SSSR count). The van der Waals surface area contributed by atoms with Crippen LogP contribution in [0.3, 0.4) is 0 Å². The molecule has 4 aliphatic heterocycles. The van der Waals surface area contributed by atoms with Gasteiger partial charge in [0.1, 0.15) is 0 Å². The zero-order valence-corrected chi connectivity index (χ0v) is 80.8. The number of fused-ring (bicyclic) bond motifs is 8. The molecule has 8 aliphatic rings. The molecule has 0 saturated heterocycles. The second kappa shape index (κ2) is 42.7. The predicted molar refractivity (Wildman–Crippen MR) is 550 cm³/mol. The molecule has 0 bridgehead atoms. The minimum atomic E-state index is -0.542. The third-order valence-corrected chi connectivity index (χ3v) is 27.0. The standard InChI is InChI=1S/C114H122N12O12/c1-11-53-121(54-12-2)91-33-23-29-71-41-49-87(115-99(71)91)95-103(127)79-45-37-75(67-83(79)107(95)131)111(135)119(19-9)63-27-65-125(113(137)77-39-47-81-85(69-77)109(133)97(105(81)129)89-51-43-73-31-25-35-93(101(73)117-89)123(57-15-5)58-16-6)61-21-22-62-126(114(138)78-40-48-82-86(70-78)110(134)98(106(82)130)90-52-44-74-32-26-36-94(102(74)118-90)124(59-17-7)60-18-8)66-28-64-120(20-10)112(136)76-38-46-80-84(68-76)108(132)96(104(80)128)88-50-42-72-30-24-34-92(100(72)116-88)122(55-13-3)56-14-4/h23-26,29-52,67-70,115-118H,11-22,27-28,53-66H2,1-10H3/b95-87+,96-88+,97-89+,98-90+. The number of rotatable bonds is 39. The number of amides is 4. The Hall–Kier alpha value is -14.7. The van der Waals surface area contributed by atoms with Crippen LogP contribution in [0, 0.1) is 0 Å². The van der Waals surface area contributed by atoms with Crippen molar-refractivity contribution in [2.24, 2.45) is 0 Å². The molecule has 0 fully saturated rings. The number of nitrogens with zero attached hydrogens (tertiary/aromatic N) is 8. The van der Waals surface area contributed by atoms with E-state index in [0.717, 1.165) is 171 Å². The minimum absolute atomic E-state index is 0.0193. The fourth-order valence-electron chi connectivity index (χ4n) is 20.3. The first-order valence-corrected chi connectivity index (χ1v) is 49.4. The highest BCUT2D eigenvalue weighted by Gasteiger charge is 2.43. The Kier molecular flexibility index (Phi) is 29.8. The number of unbranched alkanes of at least 4 members (excludes halogenated alkanes) is 1. The number of para-hydroxylation sites is 4. The Bertz CT molecular complexity index is 6180. The maximum Gasteiger partial charge on any atom is 0.253 e. The molecule has 4 amide bonds. The number of hydrogen-bond acceptors (Lipinski definition) is 20. The van der Waals surface area contributed by atoms with Crippen LogP contribution in [0.5, 0.6) is 0 Å². The van der Waals surface area contributed by atoms with Gasteiger partial charge < -0.3 is 60.5 Å². The van der Waals surface area contributed by atoms with E-state index in [0.29, 0.717) is 22.8 Å². The van der Waals surface area contributed by atoms with E-state index >= 15 is 9.59 Å². The summed E-state index contributed by atoms with van der Waals surface area (Å²) in [5, 5.41) is 13.9. The van der Waals surface area contributed by atoms with E-state index in [9.17, 15) is 47.9 Å². The van der Waals surface area contributed by atoms with Gasteiger partial charge in [0, 0.05) is 194 Å². The predicted octanol–water partition coefficient (Wildman–Crippen LogP) is 20.7. The van der Waals surface area contributed by atoms with Crippen molar-refractivity contribution in [2.45, 2.75) is 146 Å². The summed E-state index contributed by atoms with van der Waals surface area (Å²) in [6, 6.07) is 42.3. The van der Waals surface area contributed by atoms with E-state index in [1.807, 2.05) is 111 Å². The molecule has 0 aromatic heterocycles. The lowest BCUT2D eigenvalue weighted by Gasteiger charge is -2.29. The molecule has 0 spiro atoms. The normalized spacial score (nSPS) is 16.6. The van der Waals surface area contributed by atoms with Gasteiger partial charge in [-0.15, -0.1) is 0 Å². The molecule has 138 heavy (non-hydrogen) atoms. The highest BCUT2D eigenvalue weighted by molar-refractivity contribution is 6.43. The molecule has 710 valence electrons. The Morgan fingerprint density at radius 1 is 0.225 bits per heavy atom. The van der Waals surface area contributed by atoms with Gasteiger partial charge in [-0.05, 0) is 212 Å². The van der Waals surface area contributed by atoms with Crippen LogP contribution in [0.4, 0.5) is 45.5 Å². The van der Waals surface area contributed by atoms with Crippen LogP contribution in [-0.4, -0.2) is 194 Å². The second-order valence-corrected chi connectivity index (χ2v) is 36.3. The number of ketones is 8. The Labute approximate surface area is 808 Å². The fourth-order valence-corrected chi connectivity index (χ4v) is 20.3. The lowest BCUT2D eigenvalue weighted by atomic mass is 10.0. The quantitative estimate of drug-likeness (QED) is 0.0158. The largest absolute Gasteiger partial charge is 0.370 e. The van der Waals surface area contributed by atoms with E-state index in [2.05, 4.69) is 96.3 Å². The van der Waals surface area contributed by atoms with Gasteiger partial charge in [0.15, 0.2) is 46.3 Å². The Balaban J connectivity index is 0.671. The monoisotopic (exact) mass is 1850 g/mol. The van der Waals surface area contributed by atoms with Gasteiger partial charge in [-0.2, -0.15) is 0 Å². The lowest BCUT2D eigenvalue weighted by Crippen LogP contribution is -2.38. The van der Waals surface area contributed by atoms with Crippen LogP contribution < -0.4 is 40.9 Å². The van der Waals surface area contributed by atoms with Crippen LogP contribution in [0.1, 0.15) is 293 Å². The fraction of sp³-hybridized carbons (Fsp3) is 0.333. The molecule has 0 unspecified atom stereocenters. The van der Waals surface area contributed by atoms with Gasteiger partial charge in [-0.3, -0.25) is 57.5 Å². The van der Waals surface area contributed by atoms with Gasteiger partial charge in [0.25, 0.3) is 23.6 Å². The molecule has 0 atom stereocenters. The number of allylic oxidation sites excluding steroid dienone is 8. The third kappa shape index (κ3) is 19.0. The van der Waals surface area contributed by atoms with Crippen molar-refractivity contribution in [1.29, 1.82) is 0 Å². The Morgan fingerprint density at radius 3 is 0.645 bits per heavy atom. The van der Waals surface area contributed by atoms with Gasteiger partial charge in [-0.25, -0.2) is 0 Å². The van der Waals surface area contributed by atoms with E-state index in [-0.39, 0.29) is 167 Å². The highest BCUT2D eigenvalue weighted by Crippen LogP contribution is 2.45. The smallest absolute Gasteiger partial charge is 0.253 e. The number of nitrogens with one attached hydrogen (secondary N) is 4. The van der Waals surface area contributed by atoms with Crippen LogP contribution in [0.2, 0.25) is 0 Å². The minimum Gasteiger partial charge on any atom is -0.370 e. The van der Waals surface area contributed by atoms with Crippen molar-refractivity contribution in [3.63, 3.8) is 0 Å². The first-order chi connectivity index (χ1) is 67.0. The molecule has 4 N–H and O–H groups in total. The zero-order chi connectivity index (χ0) is 97.3. The molecule has 4 aliphatic carbocycles. The van der Waals surface area contributed by atoms with Crippen molar-refractivity contribution in [3.8, 4) is 0 Å². The summed E-state index contributed by atoms with van der Waals surface area (Å²) in [6.45, 7) is 28.2. The lowest BCUT2D eigenvalue weighted by molar-refractivity contribution is 0.0688. The van der Waals surface area contributed by atoms with Crippen molar-refractivity contribution in [3.05, 3.63) is 304 Å². The van der Waals surface area contributed by atoms with Crippen molar-refractivity contribution in [2.75, 3.05) is 146 Å². The van der Waals surface area contributed by atoms with Crippen LogP contribution in [0.15, 0.2) is 215 Å². The van der Waals surface area contributed by atoms with E-state index < -0.39 is 69.9 Å². The van der Waals surface area contributed by atoms with E-state index in [1.165, 1.54) is 48.5 Å². The summed E-state index contributed by atoms with van der Waals surface area (Å²) in [5.41, 5.74) is 13.6. The van der Waals surface area contributed by atoms with E-state index in [4.69, 9.17) is 0 Å². The molecular weight excluding hydrogens is 1730 g/mol. The van der Waals surface area contributed by atoms with Crippen LogP contribution in [-0.2, 0) is 0 Å². The highest BCUT2D eigenvalue weighted by atomic mass is 16.2. The number of benzene rings is 8. The molecule has 4 heterocycles. The van der Waals surface area contributed by atoms with Gasteiger partial charge in [0.05, 0.1) is 90.6 Å². The molecule has 0 radical (unpaired) electrons. The summed E-state index contributed by atoms with van der Waals surface area (Å²) >= 11 is 0. The number of Topliss-reactive ketones (excluding diaryl/α,β-unsaturated/α-hetero) is 8. The maximum atomic E-state index is 15.7. The summed E-state index contributed by atoms with van der Waals surface area (Å²) < 4.78 is 0. The summed E-state index contributed by atoms with van der Waals surface area (Å²) in [5.74, 6) is -5.72. The molecule has 8 aromatic carbocycles. The molecule has 24 heteroatoms.